The van der Waals surface area contributed by atoms with E-state index in [9.17, 15) is 4.79 Å². The second kappa shape index (κ2) is 5.28. The van der Waals surface area contributed by atoms with Crippen LogP contribution in [-0.4, -0.2) is 10.9 Å². The maximum Gasteiger partial charge on any atom is 0.274 e. The molecule has 1 amide bonds. The normalized spacial score (nSPS) is 10.3. The zero-order valence-electron chi connectivity index (χ0n) is 10.7. The van der Waals surface area contributed by atoms with Crippen LogP contribution in [0, 0.1) is 13.8 Å². The third kappa shape index (κ3) is 2.85. The fraction of sp³-hybridized carbons (Fsp3) is 0.143. The summed E-state index contributed by atoms with van der Waals surface area (Å²) in [6.45, 7) is 3.88. The lowest BCUT2D eigenvalue weighted by molar-refractivity contribution is 0.102. The second-order valence-corrected chi connectivity index (χ2v) is 4.72. The highest BCUT2D eigenvalue weighted by atomic mass is 35.5. The highest BCUT2D eigenvalue weighted by molar-refractivity contribution is 6.30. The van der Waals surface area contributed by atoms with Gasteiger partial charge in [-0.2, -0.15) is 0 Å². The number of aryl methyl sites for hydroxylation is 1. The van der Waals surface area contributed by atoms with Crippen LogP contribution in [-0.2, 0) is 0 Å². The molecule has 1 aromatic carbocycles. The zero-order valence-corrected chi connectivity index (χ0v) is 11.5. The Hall–Kier alpha value is -2.07. The number of amides is 1. The van der Waals surface area contributed by atoms with Gasteiger partial charge in [-0.15, -0.1) is 0 Å². The largest absolute Gasteiger partial charge is 0.397 e. The van der Waals surface area contributed by atoms with Gasteiger partial charge in [-0.3, -0.25) is 4.79 Å². The molecular formula is C14H14ClN3O. The van der Waals surface area contributed by atoms with Crippen molar-refractivity contribution in [3.8, 4) is 0 Å². The van der Waals surface area contributed by atoms with Crippen LogP contribution in [0.5, 0.6) is 0 Å². The van der Waals surface area contributed by atoms with Crippen molar-refractivity contribution >= 4 is 28.9 Å². The van der Waals surface area contributed by atoms with Crippen molar-refractivity contribution in [2.24, 2.45) is 0 Å². The highest BCUT2D eigenvalue weighted by Gasteiger charge is 2.12. The van der Waals surface area contributed by atoms with Gasteiger partial charge < -0.3 is 11.1 Å². The molecule has 19 heavy (non-hydrogen) atoms. The second-order valence-electron chi connectivity index (χ2n) is 4.29. The lowest BCUT2D eigenvalue weighted by Gasteiger charge is -2.13. The van der Waals surface area contributed by atoms with Crippen LogP contribution in [0.1, 0.15) is 21.6 Å². The lowest BCUT2D eigenvalue weighted by atomic mass is 10.1. The van der Waals surface area contributed by atoms with Gasteiger partial charge in [0.1, 0.15) is 5.69 Å². The Bertz CT molecular complexity index is 623. The van der Waals surface area contributed by atoms with Gasteiger partial charge in [0.05, 0.1) is 16.4 Å². The predicted octanol–water partition coefficient (Wildman–Crippen LogP) is 3.19. The van der Waals surface area contributed by atoms with Gasteiger partial charge in [0.2, 0.25) is 0 Å². The summed E-state index contributed by atoms with van der Waals surface area (Å²) in [6, 6.07) is 6.88. The molecule has 1 heterocycles. The van der Waals surface area contributed by atoms with Gasteiger partial charge >= 0.3 is 0 Å². The standard InChI is InChI=1S/C14H14ClN3O/c1-8-3-5-11(16)13(9(8)2)18-14(19)12-6-4-10(15)7-17-12/h3-7H,16H2,1-2H3,(H,18,19). The van der Waals surface area contributed by atoms with E-state index in [1.165, 1.54) is 6.20 Å². The molecule has 0 saturated heterocycles. The average molecular weight is 276 g/mol. The monoisotopic (exact) mass is 275 g/mol. The van der Waals surface area contributed by atoms with E-state index in [1.54, 1.807) is 18.2 Å². The van der Waals surface area contributed by atoms with Crippen LogP contribution in [0.2, 0.25) is 5.02 Å². The Morgan fingerprint density at radius 2 is 2.00 bits per heavy atom. The molecule has 4 nitrogen and oxygen atoms in total. The molecule has 2 rings (SSSR count). The number of carbonyl (C=O) groups excluding carboxylic acids is 1. The molecule has 0 aliphatic rings. The summed E-state index contributed by atoms with van der Waals surface area (Å²) in [4.78, 5) is 16.0. The molecule has 0 atom stereocenters. The molecule has 5 heteroatoms. The first-order chi connectivity index (χ1) is 8.99. The molecule has 0 spiro atoms. The molecule has 0 radical (unpaired) electrons. The van der Waals surface area contributed by atoms with E-state index in [-0.39, 0.29) is 5.91 Å². The summed E-state index contributed by atoms with van der Waals surface area (Å²) in [5, 5.41) is 3.27. The first-order valence-corrected chi connectivity index (χ1v) is 6.15. The van der Waals surface area contributed by atoms with Gasteiger partial charge in [0.25, 0.3) is 5.91 Å². The molecule has 1 aromatic heterocycles. The number of halogens is 1. The van der Waals surface area contributed by atoms with Gasteiger partial charge in [0.15, 0.2) is 0 Å². The van der Waals surface area contributed by atoms with Crippen molar-refractivity contribution in [2.45, 2.75) is 13.8 Å². The number of nitrogen functional groups attached to an aromatic ring is 1. The minimum atomic E-state index is -0.308. The molecule has 2 aromatic rings. The van der Waals surface area contributed by atoms with Crippen LogP contribution in [0.3, 0.4) is 0 Å². The first-order valence-electron chi connectivity index (χ1n) is 5.77. The van der Waals surface area contributed by atoms with Crippen molar-refractivity contribution in [1.82, 2.24) is 4.98 Å². The summed E-state index contributed by atoms with van der Waals surface area (Å²) in [7, 11) is 0. The van der Waals surface area contributed by atoms with Gasteiger partial charge in [-0.05, 0) is 43.2 Å². The van der Waals surface area contributed by atoms with E-state index in [0.717, 1.165) is 11.1 Å². The lowest BCUT2D eigenvalue weighted by Crippen LogP contribution is -2.15. The predicted molar refractivity (Wildman–Crippen MR) is 77.5 cm³/mol. The van der Waals surface area contributed by atoms with Gasteiger partial charge in [0, 0.05) is 6.20 Å². The Balaban J connectivity index is 2.29. The molecular weight excluding hydrogens is 262 g/mol. The average Bonchev–Trinajstić information content (AvgIpc) is 2.40. The van der Waals surface area contributed by atoms with E-state index in [0.29, 0.717) is 22.1 Å². The third-order valence-corrected chi connectivity index (χ3v) is 3.19. The Morgan fingerprint density at radius 3 is 2.63 bits per heavy atom. The van der Waals surface area contributed by atoms with Crippen LogP contribution >= 0.6 is 11.6 Å². The number of nitrogens with two attached hydrogens (primary N) is 1. The number of rotatable bonds is 2. The van der Waals surface area contributed by atoms with Crippen molar-refractivity contribution in [1.29, 1.82) is 0 Å². The Labute approximate surface area is 116 Å². The highest BCUT2D eigenvalue weighted by Crippen LogP contribution is 2.26. The number of hydrogen-bond acceptors (Lipinski definition) is 3. The fourth-order valence-electron chi connectivity index (χ4n) is 1.69. The van der Waals surface area contributed by atoms with E-state index >= 15 is 0 Å². The van der Waals surface area contributed by atoms with Gasteiger partial charge in [-0.25, -0.2) is 4.98 Å². The minimum absolute atomic E-state index is 0.296. The smallest absolute Gasteiger partial charge is 0.274 e. The van der Waals surface area contributed by atoms with Crippen LogP contribution in [0.25, 0.3) is 0 Å². The van der Waals surface area contributed by atoms with Crippen LogP contribution in [0.4, 0.5) is 11.4 Å². The summed E-state index contributed by atoms with van der Waals surface area (Å²) < 4.78 is 0. The van der Waals surface area contributed by atoms with E-state index in [2.05, 4.69) is 10.3 Å². The van der Waals surface area contributed by atoms with Crippen LogP contribution in [0.15, 0.2) is 30.5 Å². The number of benzene rings is 1. The number of pyridine rings is 1. The van der Waals surface area contributed by atoms with E-state index < -0.39 is 0 Å². The molecule has 0 aliphatic carbocycles. The molecule has 98 valence electrons. The summed E-state index contributed by atoms with van der Waals surface area (Å²) in [5.41, 5.74) is 9.35. The number of nitrogens with one attached hydrogen (secondary N) is 1. The third-order valence-electron chi connectivity index (χ3n) is 2.97. The fourth-order valence-corrected chi connectivity index (χ4v) is 1.80. The number of aromatic nitrogens is 1. The molecule has 0 unspecified atom stereocenters. The van der Waals surface area contributed by atoms with Crippen LogP contribution < -0.4 is 11.1 Å². The minimum Gasteiger partial charge on any atom is -0.397 e. The molecule has 0 fully saturated rings. The maximum absolute atomic E-state index is 12.1. The van der Waals surface area contributed by atoms with Crippen molar-refractivity contribution in [2.75, 3.05) is 11.1 Å². The number of anilines is 2. The Morgan fingerprint density at radius 1 is 1.26 bits per heavy atom. The van der Waals surface area contributed by atoms with E-state index in [1.807, 2.05) is 19.9 Å². The Kier molecular flexibility index (Phi) is 3.71. The van der Waals surface area contributed by atoms with Crippen molar-refractivity contribution in [3.63, 3.8) is 0 Å². The topological polar surface area (TPSA) is 68.0 Å². The summed E-state index contributed by atoms with van der Waals surface area (Å²) >= 11 is 5.73. The maximum atomic E-state index is 12.1. The molecule has 3 N–H and O–H groups in total. The molecule has 0 saturated carbocycles. The van der Waals surface area contributed by atoms with Crippen molar-refractivity contribution in [3.05, 3.63) is 52.3 Å². The number of carbonyl (C=O) groups is 1. The van der Waals surface area contributed by atoms with Crippen molar-refractivity contribution < 1.29 is 4.79 Å². The number of nitrogens with zero attached hydrogens (tertiary/aromatic N) is 1. The molecule has 0 aliphatic heterocycles. The summed E-state index contributed by atoms with van der Waals surface area (Å²) in [6.07, 6.45) is 1.43. The first kappa shape index (κ1) is 13.4. The summed E-state index contributed by atoms with van der Waals surface area (Å²) in [5.74, 6) is -0.308. The SMILES string of the molecule is Cc1ccc(N)c(NC(=O)c2ccc(Cl)cn2)c1C. The van der Waals surface area contributed by atoms with Gasteiger partial charge in [-0.1, -0.05) is 17.7 Å². The molecule has 0 bridgehead atoms. The quantitative estimate of drug-likeness (QED) is 0.827. The number of hydrogen-bond donors (Lipinski definition) is 2. The zero-order chi connectivity index (χ0) is 14.0. The van der Waals surface area contributed by atoms with E-state index in [4.69, 9.17) is 17.3 Å².